The van der Waals surface area contributed by atoms with Crippen LogP contribution in [0.25, 0.3) is 0 Å². The monoisotopic (exact) mass is 339 g/mol. The molecule has 1 aliphatic rings. The molecule has 0 spiro atoms. The minimum atomic E-state index is -0.245. The Morgan fingerprint density at radius 2 is 1.79 bits per heavy atom. The van der Waals surface area contributed by atoms with Crippen molar-refractivity contribution in [3.63, 3.8) is 0 Å². The number of amides is 4. The van der Waals surface area contributed by atoms with Crippen molar-refractivity contribution in [2.24, 2.45) is 17.3 Å². The topological polar surface area (TPSA) is 78.5 Å². The molecule has 0 aromatic heterocycles. The molecule has 1 aliphatic heterocycles. The molecule has 1 fully saturated rings. The van der Waals surface area contributed by atoms with E-state index in [0.29, 0.717) is 12.0 Å². The van der Waals surface area contributed by atoms with Gasteiger partial charge in [0.15, 0.2) is 0 Å². The predicted molar refractivity (Wildman–Crippen MR) is 94.4 cm³/mol. The molecule has 1 rings (SSSR count). The van der Waals surface area contributed by atoms with Gasteiger partial charge in [0.2, 0.25) is 11.8 Å². The van der Waals surface area contributed by atoms with Crippen LogP contribution >= 0.6 is 0 Å². The summed E-state index contributed by atoms with van der Waals surface area (Å²) < 4.78 is 0. The van der Waals surface area contributed by atoms with Gasteiger partial charge in [-0.2, -0.15) is 0 Å². The summed E-state index contributed by atoms with van der Waals surface area (Å²) in [6.07, 6.45) is 3.45. The number of carbonyl (C=O) groups is 3. The molecule has 0 saturated carbocycles. The maximum Gasteiger partial charge on any atom is 0.314 e. The van der Waals surface area contributed by atoms with E-state index in [4.69, 9.17) is 0 Å². The van der Waals surface area contributed by atoms with Crippen molar-refractivity contribution in [3.05, 3.63) is 0 Å². The summed E-state index contributed by atoms with van der Waals surface area (Å²) in [4.78, 5) is 37.0. The van der Waals surface area contributed by atoms with E-state index in [9.17, 15) is 14.4 Å². The van der Waals surface area contributed by atoms with Crippen LogP contribution in [0.3, 0.4) is 0 Å². The van der Waals surface area contributed by atoms with E-state index in [1.54, 1.807) is 0 Å². The van der Waals surface area contributed by atoms with Gasteiger partial charge < -0.3 is 10.6 Å². The van der Waals surface area contributed by atoms with Gasteiger partial charge in [0.1, 0.15) is 0 Å². The van der Waals surface area contributed by atoms with Crippen LogP contribution in [0.2, 0.25) is 0 Å². The highest BCUT2D eigenvalue weighted by Gasteiger charge is 2.39. The Balaban J connectivity index is 2.17. The van der Waals surface area contributed by atoms with E-state index < -0.39 is 0 Å². The van der Waals surface area contributed by atoms with Crippen LogP contribution in [0.15, 0.2) is 0 Å². The lowest BCUT2D eigenvalue weighted by Crippen LogP contribution is -2.42. The first-order chi connectivity index (χ1) is 11.1. The molecule has 6 nitrogen and oxygen atoms in total. The molecule has 2 N–H and O–H groups in total. The van der Waals surface area contributed by atoms with Crippen LogP contribution in [0.4, 0.5) is 4.79 Å². The van der Waals surface area contributed by atoms with Crippen molar-refractivity contribution in [2.75, 3.05) is 19.6 Å². The molecule has 1 atom stereocenters. The number of rotatable bonds is 8. The fraction of sp³-hybridized carbons (Fsp3) is 0.833. The fourth-order valence-electron chi connectivity index (χ4n) is 2.79. The zero-order valence-corrected chi connectivity index (χ0v) is 15.8. The Kier molecular flexibility index (Phi) is 7.70. The molecule has 138 valence electrons. The Bertz CT molecular complexity index is 455. The molecule has 6 heteroatoms. The van der Waals surface area contributed by atoms with Gasteiger partial charge in [-0.25, -0.2) is 4.79 Å². The first kappa shape index (κ1) is 20.5. The fourth-order valence-corrected chi connectivity index (χ4v) is 2.79. The van der Waals surface area contributed by atoms with E-state index in [1.807, 2.05) is 13.8 Å². The normalized spacial score (nSPS) is 18.4. The maximum atomic E-state index is 12.1. The number of nitrogens with one attached hydrogen (secondary N) is 2. The Labute approximate surface area is 145 Å². The number of nitrogens with zero attached hydrogens (tertiary/aromatic N) is 1. The molecule has 24 heavy (non-hydrogen) atoms. The maximum absolute atomic E-state index is 12.1. The molecular weight excluding hydrogens is 306 g/mol. The standard InChI is InChI=1S/C18H33N3O3/c1-13(2)14-12-15(22)21(16(14)23)11-10-20-17(24)19-9-7-6-8-18(3,4)5/h13-14H,6-12H2,1-5H3,(H2,19,20,24). The summed E-state index contributed by atoms with van der Waals surface area (Å²) in [6.45, 7) is 11.7. The molecule has 0 bridgehead atoms. The van der Waals surface area contributed by atoms with Gasteiger partial charge in [0.25, 0.3) is 0 Å². The SMILES string of the molecule is CC(C)C1CC(=O)N(CCNC(=O)NCCCCC(C)(C)C)C1=O. The number of unbranched alkanes of at least 4 members (excludes halogenated alkanes) is 1. The zero-order chi connectivity index (χ0) is 18.3. The quantitative estimate of drug-likeness (QED) is 0.527. The summed E-state index contributed by atoms with van der Waals surface area (Å²) in [7, 11) is 0. The molecule has 4 amide bonds. The third-order valence-electron chi connectivity index (χ3n) is 4.34. The number of hydrogen-bond donors (Lipinski definition) is 2. The molecule has 1 unspecified atom stereocenters. The van der Waals surface area contributed by atoms with Crippen molar-refractivity contribution in [3.8, 4) is 0 Å². The number of urea groups is 1. The average molecular weight is 339 g/mol. The highest BCUT2D eigenvalue weighted by Crippen LogP contribution is 2.25. The summed E-state index contributed by atoms with van der Waals surface area (Å²) >= 11 is 0. The zero-order valence-electron chi connectivity index (χ0n) is 15.8. The van der Waals surface area contributed by atoms with E-state index in [2.05, 4.69) is 31.4 Å². The van der Waals surface area contributed by atoms with E-state index in [0.717, 1.165) is 19.3 Å². The van der Waals surface area contributed by atoms with Crippen LogP contribution in [0, 0.1) is 17.3 Å². The molecule has 0 radical (unpaired) electrons. The van der Waals surface area contributed by atoms with Gasteiger partial charge in [0.05, 0.1) is 0 Å². The Hall–Kier alpha value is -1.59. The third kappa shape index (κ3) is 6.89. The summed E-state index contributed by atoms with van der Waals surface area (Å²) in [6, 6.07) is -0.245. The first-order valence-corrected chi connectivity index (χ1v) is 8.97. The van der Waals surface area contributed by atoms with Crippen LogP contribution in [-0.4, -0.2) is 42.4 Å². The van der Waals surface area contributed by atoms with Crippen molar-refractivity contribution < 1.29 is 14.4 Å². The summed E-state index contributed by atoms with van der Waals surface area (Å²) in [5.41, 5.74) is 0.324. The molecule has 0 aromatic rings. The average Bonchev–Trinajstić information content (AvgIpc) is 2.73. The lowest BCUT2D eigenvalue weighted by Gasteiger charge is -2.18. The van der Waals surface area contributed by atoms with Crippen LogP contribution in [0.1, 0.15) is 60.3 Å². The molecule has 0 aliphatic carbocycles. The lowest BCUT2D eigenvalue weighted by molar-refractivity contribution is -0.139. The van der Waals surface area contributed by atoms with Crippen molar-refractivity contribution >= 4 is 17.8 Å². The molecule has 1 heterocycles. The van der Waals surface area contributed by atoms with Gasteiger partial charge >= 0.3 is 6.03 Å². The van der Waals surface area contributed by atoms with Crippen molar-refractivity contribution in [2.45, 2.75) is 60.3 Å². The number of hydrogen-bond acceptors (Lipinski definition) is 3. The van der Waals surface area contributed by atoms with Crippen molar-refractivity contribution in [1.82, 2.24) is 15.5 Å². The number of imide groups is 1. The van der Waals surface area contributed by atoms with Gasteiger partial charge in [-0.05, 0) is 24.2 Å². The Morgan fingerprint density at radius 3 is 2.33 bits per heavy atom. The van der Waals surface area contributed by atoms with Gasteiger partial charge in [-0.1, -0.05) is 41.0 Å². The minimum Gasteiger partial charge on any atom is -0.338 e. The highest BCUT2D eigenvalue weighted by molar-refractivity contribution is 6.03. The van der Waals surface area contributed by atoms with E-state index in [-0.39, 0.29) is 49.2 Å². The second-order valence-corrected chi connectivity index (χ2v) is 8.14. The Morgan fingerprint density at radius 1 is 1.17 bits per heavy atom. The lowest BCUT2D eigenvalue weighted by atomic mass is 9.90. The van der Waals surface area contributed by atoms with Crippen LogP contribution in [-0.2, 0) is 9.59 Å². The largest absolute Gasteiger partial charge is 0.338 e. The van der Waals surface area contributed by atoms with Crippen LogP contribution < -0.4 is 10.6 Å². The van der Waals surface area contributed by atoms with E-state index >= 15 is 0 Å². The second-order valence-electron chi connectivity index (χ2n) is 8.14. The summed E-state index contributed by atoms with van der Waals surface area (Å²) in [5, 5.41) is 5.51. The second kappa shape index (κ2) is 9.04. The van der Waals surface area contributed by atoms with Crippen molar-refractivity contribution in [1.29, 1.82) is 0 Å². The van der Waals surface area contributed by atoms with Gasteiger partial charge in [-0.15, -0.1) is 0 Å². The molecule has 1 saturated heterocycles. The van der Waals surface area contributed by atoms with Gasteiger partial charge in [0, 0.05) is 32.0 Å². The van der Waals surface area contributed by atoms with Crippen LogP contribution in [0.5, 0.6) is 0 Å². The third-order valence-corrected chi connectivity index (χ3v) is 4.34. The predicted octanol–water partition coefficient (Wildman–Crippen LogP) is 2.53. The smallest absolute Gasteiger partial charge is 0.314 e. The number of carbonyl (C=O) groups excluding carboxylic acids is 3. The molecular formula is C18H33N3O3. The summed E-state index contributed by atoms with van der Waals surface area (Å²) in [5.74, 6) is -0.299. The minimum absolute atomic E-state index is 0.112. The highest BCUT2D eigenvalue weighted by atomic mass is 16.2. The number of likely N-dealkylation sites (tertiary alicyclic amines) is 1. The van der Waals surface area contributed by atoms with Gasteiger partial charge in [-0.3, -0.25) is 14.5 Å². The van der Waals surface area contributed by atoms with E-state index in [1.165, 1.54) is 4.90 Å². The first-order valence-electron chi connectivity index (χ1n) is 8.97. The molecule has 0 aromatic carbocycles.